The average Bonchev–Trinajstić information content (AvgIpc) is 2.69. The van der Waals surface area contributed by atoms with E-state index in [0.29, 0.717) is 18.3 Å². The first kappa shape index (κ1) is 17.7. The fourth-order valence-corrected chi connectivity index (χ4v) is 3.05. The Hall–Kier alpha value is -3.67. The molecule has 0 bridgehead atoms. The van der Waals surface area contributed by atoms with Gasteiger partial charge in [-0.2, -0.15) is 15.0 Å². The predicted octanol–water partition coefficient (Wildman–Crippen LogP) is 4.30. The zero-order valence-electron chi connectivity index (χ0n) is 15.9. The molecule has 0 amide bonds. The zero-order chi connectivity index (χ0) is 19.5. The SMILES string of the molecule is Cc1ccc(Nc2nc(N)nc(CN(C)c3ccc4ccccc4c3)n2)cc1. The van der Waals surface area contributed by atoms with Crippen molar-refractivity contribution in [3.8, 4) is 0 Å². The maximum absolute atomic E-state index is 5.91. The van der Waals surface area contributed by atoms with Gasteiger partial charge in [0, 0.05) is 18.4 Å². The van der Waals surface area contributed by atoms with Crippen LogP contribution < -0.4 is 16.0 Å². The van der Waals surface area contributed by atoms with Crippen LogP contribution in [0.3, 0.4) is 0 Å². The maximum atomic E-state index is 5.91. The summed E-state index contributed by atoms with van der Waals surface area (Å²) in [6.07, 6.45) is 0. The average molecular weight is 370 g/mol. The number of nitrogens with zero attached hydrogens (tertiary/aromatic N) is 4. The minimum atomic E-state index is 0.200. The summed E-state index contributed by atoms with van der Waals surface area (Å²) in [5.74, 6) is 1.25. The third kappa shape index (κ3) is 4.01. The van der Waals surface area contributed by atoms with Gasteiger partial charge in [-0.1, -0.05) is 48.0 Å². The molecule has 0 aliphatic carbocycles. The normalized spacial score (nSPS) is 10.8. The molecule has 0 aliphatic rings. The highest BCUT2D eigenvalue weighted by Crippen LogP contribution is 2.22. The number of nitrogens with two attached hydrogens (primary N) is 1. The van der Waals surface area contributed by atoms with Crippen molar-refractivity contribution in [2.24, 2.45) is 0 Å². The molecule has 6 heteroatoms. The standard InChI is InChI=1S/C22H22N6/c1-15-7-10-18(11-8-15)24-22-26-20(25-21(23)27-22)14-28(2)19-12-9-16-5-3-4-6-17(16)13-19/h3-13H,14H2,1-2H3,(H3,23,24,25,26,27). The van der Waals surface area contributed by atoms with E-state index < -0.39 is 0 Å². The minimum absolute atomic E-state index is 0.200. The van der Waals surface area contributed by atoms with Crippen LogP contribution in [0.5, 0.6) is 0 Å². The van der Waals surface area contributed by atoms with Gasteiger partial charge in [-0.25, -0.2) is 0 Å². The van der Waals surface area contributed by atoms with Crippen molar-refractivity contribution in [2.45, 2.75) is 13.5 Å². The van der Waals surface area contributed by atoms with Crippen molar-refractivity contribution in [1.29, 1.82) is 0 Å². The summed E-state index contributed by atoms with van der Waals surface area (Å²) in [5.41, 5.74) is 9.09. The molecule has 6 nitrogen and oxygen atoms in total. The Morgan fingerprint density at radius 3 is 2.43 bits per heavy atom. The highest BCUT2D eigenvalue weighted by atomic mass is 15.2. The smallest absolute Gasteiger partial charge is 0.232 e. The van der Waals surface area contributed by atoms with E-state index in [1.165, 1.54) is 16.3 Å². The second-order valence-corrected chi connectivity index (χ2v) is 6.81. The van der Waals surface area contributed by atoms with Crippen LogP contribution in [-0.2, 0) is 6.54 Å². The topological polar surface area (TPSA) is 80.0 Å². The van der Waals surface area contributed by atoms with Crippen molar-refractivity contribution in [1.82, 2.24) is 15.0 Å². The number of hydrogen-bond acceptors (Lipinski definition) is 6. The number of hydrogen-bond donors (Lipinski definition) is 2. The van der Waals surface area contributed by atoms with Gasteiger partial charge in [-0.3, -0.25) is 0 Å². The van der Waals surface area contributed by atoms with E-state index in [0.717, 1.165) is 11.4 Å². The number of nitrogens with one attached hydrogen (secondary N) is 1. The maximum Gasteiger partial charge on any atom is 0.232 e. The van der Waals surface area contributed by atoms with Gasteiger partial charge in [0.2, 0.25) is 11.9 Å². The molecule has 1 heterocycles. The van der Waals surface area contributed by atoms with Crippen LogP contribution >= 0.6 is 0 Å². The Labute approximate surface area is 164 Å². The van der Waals surface area contributed by atoms with Gasteiger partial charge < -0.3 is 16.0 Å². The van der Waals surface area contributed by atoms with Crippen LogP contribution in [0.4, 0.5) is 23.3 Å². The number of rotatable bonds is 5. The Morgan fingerprint density at radius 2 is 1.64 bits per heavy atom. The summed E-state index contributed by atoms with van der Waals surface area (Å²) in [7, 11) is 2.01. The molecule has 0 saturated carbocycles. The molecule has 0 spiro atoms. The van der Waals surface area contributed by atoms with E-state index in [4.69, 9.17) is 5.73 Å². The molecule has 4 aromatic rings. The Bertz CT molecular complexity index is 1110. The van der Waals surface area contributed by atoms with Crippen LogP contribution in [0, 0.1) is 6.92 Å². The van der Waals surface area contributed by atoms with E-state index in [1.54, 1.807) is 0 Å². The predicted molar refractivity (Wildman–Crippen MR) is 115 cm³/mol. The summed E-state index contributed by atoms with van der Waals surface area (Å²) in [4.78, 5) is 15.1. The fourth-order valence-electron chi connectivity index (χ4n) is 3.05. The van der Waals surface area contributed by atoms with Gasteiger partial charge in [0.1, 0.15) is 0 Å². The number of benzene rings is 3. The highest BCUT2D eigenvalue weighted by Gasteiger charge is 2.09. The molecular weight excluding hydrogens is 348 g/mol. The molecule has 0 saturated heterocycles. The van der Waals surface area contributed by atoms with Crippen LogP contribution in [0.2, 0.25) is 0 Å². The van der Waals surface area contributed by atoms with Gasteiger partial charge in [0.15, 0.2) is 5.82 Å². The van der Waals surface area contributed by atoms with Crippen molar-refractivity contribution in [2.75, 3.05) is 23.0 Å². The van der Waals surface area contributed by atoms with Crippen LogP contribution in [0.1, 0.15) is 11.4 Å². The zero-order valence-corrected chi connectivity index (χ0v) is 15.9. The van der Waals surface area contributed by atoms with E-state index in [1.807, 2.05) is 50.4 Å². The van der Waals surface area contributed by atoms with Gasteiger partial charge in [-0.05, 0) is 42.0 Å². The van der Waals surface area contributed by atoms with Crippen LogP contribution in [0.15, 0.2) is 66.7 Å². The summed E-state index contributed by atoms with van der Waals surface area (Å²) in [5, 5.41) is 5.60. The molecule has 28 heavy (non-hydrogen) atoms. The molecule has 1 aromatic heterocycles. The van der Waals surface area contributed by atoms with Gasteiger partial charge in [0.05, 0.1) is 6.54 Å². The van der Waals surface area contributed by atoms with Crippen molar-refractivity contribution >= 4 is 34.0 Å². The molecule has 0 unspecified atom stereocenters. The third-order valence-electron chi connectivity index (χ3n) is 4.56. The summed E-state index contributed by atoms with van der Waals surface area (Å²) >= 11 is 0. The first-order valence-electron chi connectivity index (χ1n) is 9.11. The van der Waals surface area contributed by atoms with E-state index in [2.05, 4.69) is 55.5 Å². The van der Waals surface area contributed by atoms with Crippen molar-refractivity contribution in [3.05, 3.63) is 78.1 Å². The Balaban J connectivity index is 1.54. The molecule has 0 aliphatic heterocycles. The molecule has 3 N–H and O–H groups in total. The Kier molecular flexibility index (Phi) is 4.76. The number of nitrogen functional groups attached to an aromatic ring is 1. The van der Waals surface area contributed by atoms with E-state index in [-0.39, 0.29) is 5.95 Å². The molecule has 0 fully saturated rings. The van der Waals surface area contributed by atoms with E-state index >= 15 is 0 Å². The molecule has 140 valence electrons. The number of anilines is 4. The van der Waals surface area contributed by atoms with Gasteiger partial charge in [-0.15, -0.1) is 0 Å². The lowest BCUT2D eigenvalue weighted by Crippen LogP contribution is -2.19. The molecule has 3 aromatic carbocycles. The lowest BCUT2D eigenvalue weighted by Gasteiger charge is -2.19. The quantitative estimate of drug-likeness (QED) is 0.545. The lowest BCUT2D eigenvalue weighted by molar-refractivity contribution is 0.829. The largest absolute Gasteiger partial charge is 0.368 e. The summed E-state index contributed by atoms with van der Waals surface area (Å²) in [6.45, 7) is 2.57. The first-order chi connectivity index (χ1) is 13.6. The summed E-state index contributed by atoms with van der Waals surface area (Å²) < 4.78 is 0. The van der Waals surface area contributed by atoms with E-state index in [9.17, 15) is 0 Å². The van der Waals surface area contributed by atoms with Crippen molar-refractivity contribution in [3.63, 3.8) is 0 Å². The second kappa shape index (κ2) is 7.52. The fraction of sp³-hybridized carbons (Fsp3) is 0.136. The van der Waals surface area contributed by atoms with Gasteiger partial charge in [0.25, 0.3) is 0 Å². The molecule has 0 radical (unpaired) electrons. The number of aryl methyl sites for hydroxylation is 1. The molecular formula is C22H22N6. The van der Waals surface area contributed by atoms with Gasteiger partial charge >= 0.3 is 0 Å². The Morgan fingerprint density at radius 1 is 0.893 bits per heavy atom. The summed E-state index contributed by atoms with van der Waals surface area (Å²) in [6, 6.07) is 22.7. The molecule has 0 atom stereocenters. The van der Waals surface area contributed by atoms with Crippen LogP contribution in [0.25, 0.3) is 10.8 Å². The first-order valence-corrected chi connectivity index (χ1v) is 9.11. The minimum Gasteiger partial charge on any atom is -0.368 e. The second-order valence-electron chi connectivity index (χ2n) is 6.81. The third-order valence-corrected chi connectivity index (χ3v) is 4.56. The monoisotopic (exact) mass is 370 g/mol. The molecule has 4 rings (SSSR count). The number of aromatic nitrogens is 3. The highest BCUT2D eigenvalue weighted by molar-refractivity contribution is 5.85. The lowest BCUT2D eigenvalue weighted by atomic mass is 10.1. The van der Waals surface area contributed by atoms with Crippen LogP contribution in [-0.4, -0.2) is 22.0 Å². The number of fused-ring (bicyclic) bond motifs is 1. The van der Waals surface area contributed by atoms with Crippen molar-refractivity contribution < 1.29 is 0 Å².